The van der Waals surface area contributed by atoms with Gasteiger partial charge in [-0.3, -0.25) is 9.59 Å². The van der Waals surface area contributed by atoms with Gasteiger partial charge in [0.1, 0.15) is 35.5 Å². The van der Waals surface area contributed by atoms with Gasteiger partial charge in [0.15, 0.2) is 0 Å². The van der Waals surface area contributed by atoms with Gasteiger partial charge < -0.3 is 19.3 Å². The van der Waals surface area contributed by atoms with Gasteiger partial charge in [-0.25, -0.2) is 0 Å². The van der Waals surface area contributed by atoms with Crippen molar-refractivity contribution in [3.63, 3.8) is 0 Å². The number of anilines is 2. The Morgan fingerprint density at radius 1 is 0.567 bits per heavy atom. The largest absolute Gasteiger partial charge is 0.481 e. The number of allylic oxidation sites excluding steroid dienone is 1. The van der Waals surface area contributed by atoms with Gasteiger partial charge in [0.2, 0.25) is 11.8 Å². The summed E-state index contributed by atoms with van der Waals surface area (Å²) in [4.78, 5) is 34.4. The Bertz CT molecular complexity index is 2620. The number of para-hydroxylation sites is 2. The molecule has 0 aliphatic carbocycles. The van der Waals surface area contributed by atoms with Crippen molar-refractivity contribution in [3.05, 3.63) is 203 Å². The molecule has 6 heteroatoms. The summed E-state index contributed by atoms with van der Waals surface area (Å²) in [5.41, 5.74) is 7.15. The van der Waals surface area contributed by atoms with Gasteiger partial charge in [-0.15, -0.1) is 19.4 Å². The average Bonchev–Trinajstić information content (AvgIpc) is 3.69. The third kappa shape index (κ3) is 6.71. The number of ether oxygens (including phenoxy) is 2. The van der Waals surface area contributed by atoms with Gasteiger partial charge >= 0.3 is 0 Å². The maximum atomic E-state index is 15.3. The lowest BCUT2D eigenvalue weighted by Gasteiger charge is -2.31. The molecule has 60 heavy (non-hydrogen) atoms. The predicted molar refractivity (Wildman–Crippen MR) is 240 cm³/mol. The number of hydrogen-bond donors (Lipinski definition) is 0. The molecule has 2 aliphatic rings. The van der Waals surface area contributed by atoms with Crippen LogP contribution in [0, 0.1) is 31.6 Å². The van der Waals surface area contributed by atoms with Crippen LogP contribution in [0.1, 0.15) is 57.3 Å². The molecule has 8 rings (SSSR count). The third-order valence-electron chi connectivity index (χ3n) is 11.8. The molecule has 0 saturated carbocycles. The Morgan fingerprint density at radius 2 is 0.950 bits per heavy atom. The zero-order valence-corrected chi connectivity index (χ0v) is 33.8. The van der Waals surface area contributed by atoms with Gasteiger partial charge in [-0.1, -0.05) is 133 Å². The first-order valence-corrected chi connectivity index (χ1v) is 20.3. The van der Waals surface area contributed by atoms with Gasteiger partial charge in [0.25, 0.3) is 0 Å². The average molecular weight is 787 g/mol. The minimum Gasteiger partial charge on any atom is -0.481 e. The molecule has 2 atom stereocenters. The van der Waals surface area contributed by atoms with Crippen LogP contribution >= 0.6 is 0 Å². The lowest BCUT2D eigenvalue weighted by molar-refractivity contribution is -0.121. The Hall–Kier alpha value is -7.28. The van der Waals surface area contributed by atoms with Crippen LogP contribution in [0.3, 0.4) is 0 Å². The second-order valence-electron chi connectivity index (χ2n) is 15.2. The summed E-state index contributed by atoms with van der Waals surface area (Å²) in [6, 6.07) is 48.0. The third-order valence-corrected chi connectivity index (χ3v) is 11.8. The number of fused-ring (bicyclic) bond motifs is 2. The molecule has 6 aromatic carbocycles. The lowest BCUT2D eigenvalue weighted by Crippen LogP contribution is -2.43. The summed E-state index contributed by atoms with van der Waals surface area (Å²) < 4.78 is 11.4. The molecule has 2 heterocycles. The molecule has 0 radical (unpaired) electrons. The van der Waals surface area contributed by atoms with Crippen LogP contribution in [-0.4, -0.2) is 38.1 Å². The van der Waals surface area contributed by atoms with Crippen LogP contribution in [0.25, 0.3) is 0 Å². The quantitative estimate of drug-likeness (QED) is 0.0592. The molecule has 296 valence electrons. The summed E-state index contributed by atoms with van der Waals surface area (Å²) in [5.74, 6) is 6.28. The van der Waals surface area contributed by atoms with Crippen molar-refractivity contribution in [1.82, 2.24) is 0 Å². The Balaban J connectivity index is 1.10. The van der Waals surface area contributed by atoms with E-state index in [0.717, 1.165) is 62.3 Å². The highest BCUT2D eigenvalue weighted by molar-refractivity contribution is 6.14. The zero-order chi connectivity index (χ0) is 41.7. The highest BCUT2D eigenvalue weighted by atomic mass is 16.5. The molecular formula is C54H46N2O4. The highest BCUT2D eigenvalue weighted by Gasteiger charge is 2.54. The number of aryl methyl sites for hydroxylation is 1. The summed E-state index contributed by atoms with van der Waals surface area (Å²) in [6.45, 7) is 7.22. The van der Waals surface area contributed by atoms with E-state index in [9.17, 15) is 0 Å². The molecule has 2 amide bonds. The first kappa shape index (κ1) is 39.5. The SMILES string of the molecule is C#CCOc1ccc(C2(c3ccc(C)cc3)C(=O)N(CCCCN3C(=O)C(c4ccc(CC=C)cc4)(c4ccc(OCC#C)cc4)c4ccccc43)c3ccccc32)cc1. The van der Waals surface area contributed by atoms with Crippen molar-refractivity contribution in [2.75, 3.05) is 36.1 Å². The zero-order valence-electron chi connectivity index (χ0n) is 33.8. The fourth-order valence-corrected chi connectivity index (χ4v) is 9.05. The van der Waals surface area contributed by atoms with E-state index in [1.54, 1.807) is 0 Å². The molecule has 0 N–H and O–H groups in total. The van der Waals surface area contributed by atoms with Gasteiger partial charge in [0.05, 0.1) is 0 Å². The molecule has 6 aromatic rings. The number of carbonyl (C=O) groups excluding carboxylic acids is 2. The molecule has 2 unspecified atom stereocenters. The van der Waals surface area contributed by atoms with Crippen molar-refractivity contribution in [1.29, 1.82) is 0 Å². The Kier molecular flexibility index (Phi) is 11.1. The first-order chi connectivity index (χ1) is 29.4. The van der Waals surface area contributed by atoms with E-state index in [0.29, 0.717) is 37.4 Å². The van der Waals surface area contributed by atoms with Crippen molar-refractivity contribution in [2.45, 2.75) is 37.0 Å². The summed E-state index contributed by atoms with van der Waals surface area (Å²) in [5, 5.41) is 0. The number of unbranched alkanes of at least 4 members (excludes halogenated alkanes) is 1. The smallest absolute Gasteiger partial charge is 0.246 e. The first-order valence-electron chi connectivity index (χ1n) is 20.3. The molecule has 0 spiro atoms. The van der Waals surface area contributed by atoms with Crippen molar-refractivity contribution < 1.29 is 19.1 Å². The van der Waals surface area contributed by atoms with Crippen molar-refractivity contribution >= 4 is 23.2 Å². The minimum atomic E-state index is -1.09. The van der Waals surface area contributed by atoms with E-state index in [2.05, 4.69) is 79.1 Å². The number of rotatable bonds is 15. The van der Waals surface area contributed by atoms with E-state index >= 15 is 9.59 Å². The molecule has 6 nitrogen and oxygen atoms in total. The minimum absolute atomic E-state index is 0.0129. The molecule has 0 fully saturated rings. The van der Waals surface area contributed by atoms with Gasteiger partial charge in [-0.05, 0) is 90.4 Å². The number of benzene rings is 6. The van der Waals surface area contributed by atoms with Gasteiger partial charge in [0, 0.05) is 35.6 Å². The summed E-state index contributed by atoms with van der Waals surface area (Å²) in [7, 11) is 0. The number of terminal acetylenes is 2. The van der Waals surface area contributed by atoms with Crippen LogP contribution in [0.2, 0.25) is 0 Å². The molecule has 0 saturated heterocycles. The van der Waals surface area contributed by atoms with E-state index in [-0.39, 0.29) is 25.0 Å². The van der Waals surface area contributed by atoms with E-state index < -0.39 is 10.8 Å². The van der Waals surface area contributed by atoms with Crippen LogP contribution < -0.4 is 19.3 Å². The Labute approximate surface area is 353 Å². The van der Waals surface area contributed by atoms with Gasteiger partial charge in [-0.2, -0.15) is 0 Å². The monoisotopic (exact) mass is 786 g/mol. The van der Waals surface area contributed by atoms with Crippen molar-refractivity contribution in [3.8, 4) is 36.2 Å². The molecule has 0 aromatic heterocycles. The van der Waals surface area contributed by atoms with Crippen molar-refractivity contribution in [2.24, 2.45) is 0 Å². The molecule has 2 aliphatic heterocycles. The Morgan fingerprint density at radius 3 is 1.35 bits per heavy atom. The normalized spacial score (nSPS) is 17.7. The second-order valence-corrected chi connectivity index (χ2v) is 15.2. The second kappa shape index (κ2) is 16.9. The number of carbonyl (C=O) groups is 2. The number of amides is 2. The van der Waals surface area contributed by atoms with Crippen LogP contribution in [0.4, 0.5) is 11.4 Å². The topological polar surface area (TPSA) is 59.1 Å². The van der Waals surface area contributed by atoms with Crippen LogP contribution in [-0.2, 0) is 26.8 Å². The molecule has 0 bridgehead atoms. The van der Waals surface area contributed by atoms with Crippen LogP contribution in [0.15, 0.2) is 158 Å². The number of nitrogens with zero attached hydrogens (tertiary/aromatic N) is 2. The van der Waals surface area contributed by atoms with E-state index in [1.165, 1.54) is 0 Å². The highest BCUT2D eigenvalue weighted by Crippen LogP contribution is 2.52. The van der Waals surface area contributed by atoms with E-state index in [4.69, 9.17) is 22.3 Å². The summed E-state index contributed by atoms with van der Waals surface area (Å²) in [6.07, 6.45) is 14.8. The summed E-state index contributed by atoms with van der Waals surface area (Å²) >= 11 is 0. The standard InChI is InChI=1S/C54H46N2O4/c1-5-14-40-21-25-42(26-22-40)54(44-29-33-46(34-30-44)60-38-7-3)48-16-9-11-18-50(48)56(52(54)58)36-13-12-35-55-49-17-10-8-15-47(49)53(51(55)57,41-23-19-39(4)20-24-41)43-27-31-45(32-28-43)59-37-6-2/h2-3,5,8-11,15-34H,1,12-14,35-38H2,4H3. The predicted octanol–water partition coefficient (Wildman–Crippen LogP) is 9.59. The van der Waals surface area contributed by atoms with E-state index in [1.807, 2.05) is 108 Å². The maximum Gasteiger partial charge on any atom is 0.246 e. The molecular weight excluding hydrogens is 741 g/mol. The maximum absolute atomic E-state index is 15.3. The fourth-order valence-electron chi connectivity index (χ4n) is 9.05. The lowest BCUT2D eigenvalue weighted by atomic mass is 9.70. The fraction of sp³-hybridized carbons (Fsp3) is 0.185. The van der Waals surface area contributed by atoms with Crippen LogP contribution in [0.5, 0.6) is 11.5 Å². The number of hydrogen-bond acceptors (Lipinski definition) is 4.